The minimum absolute atomic E-state index is 0.217. The van der Waals surface area contributed by atoms with E-state index in [1.54, 1.807) is 0 Å². The van der Waals surface area contributed by atoms with Crippen LogP contribution in [0, 0.1) is 5.41 Å². The van der Waals surface area contributed by atoms with Crippen LogP contribution in [0.15, 0.2) is 0 Å². The van der Waals surface area contributed by atoms with Crippen molar-refractivity contribution in [2.45, 2.75) is 39.7 Å². The van der Waals surface area contributed by atoms with E-state index < -0.39 is 0 Å². The lowest BCUT2D eigenvalue weighted by molar-refractivity contribution is 0.115. The Kier molecular flexibility index (Phi) is 3.91. The summed E-state index contributed by atoms with van der Waals surface area (Å²) >= 11 is 0. The van der Waals surface area contributed by atoms with Crippen LogP contribution in [0.25, 0.3) is 0 Å². The lowest BCUT2D eigenvalue weighted by Crippen LogP contribution is -2.20. The van der Waals surface area contributed by atoms with Crippen molar-refractivity contribution in [3.05, 3.63) is 0 Å². The zero-order chi connectivity index (χ0) is 8.20. The molecule has 0 aromatic heterocycles. The summed E-state index contributed by atoms with van der Waals surface area (Å²) in [6.07, 6.45) is 1.34. The molecule has 0 bridgehead atoms. The van der Waals surface area contributed by atoms with Crippen LogP contribution in [0.2, 0.25) is 0 Å². The Bertz CT molecular complexity index is 85.7. The lowest BCUT2D eigenvalue weighted by Gasteiger charge is -2.21. The Morgan fingerprint density at radius 3 is 2.20 bits per heavy atom. The Morgan fingerprint density at radius 1 is 1.40 bits per heavy atom. The predicted octanol–water partition coefficient (Wildman–Crippen LogP) is 1.13. The molecule has 3 N–H and O–H groups in total. The van der Waals surface area contributed by atoms with Gasteiger partial charge in [0.15, 0.2) is 0 Å². The first-order chi connectivity index (χ1) is 4.45. The van der Waals surface area contributed by atoms with Crippen molar-refractivity contribution in [1.29, 1.82) is 0 Å². The summed E-state index contributed by atoms with van der Waals surface area (Å²) in [5.41, 5.74) is 5.51. The van der Waals surface area contributed by atoms with Crippen LogP contribution >= 0.6 is 0 Å². The number of aliphatic hydroxyl groups excluding tert-OH is 1. The normalized spacial score (nSPS) is 15.3. The van der Waals surface area contributed by atoms with E-state index in [9.17, 15) is 5.11 Å². The highest BCUT2D eigenvalue weighted by molar-refractivity contribution is 4.67. The van der Waals surface area contributed by atoms with Gasteiger partial charge in [-0.15, -0.1) is 0 Å². The van der Waals surface area contributed by atoms with Crippen LogP contribution in [0.1, 0.15) is 33.6 Å². The van der Waals surface area contributed by atoms with Crippen molar-refractivity contribution in [1.82, 2.24) is 0 Å². The minimum atomic E-state index is -0.218. The lowest BCUT2D eigenvalue weighted by atomic mass is 9.88. The van der Waals surface area contributed by atoms with Crippen LogP contribution in [-0.4, -0.2) is 17.8 Å². The number of hydrogen-bond acceptors (Lipinski definition) is 2. The maximum Gasteiger partial charge on any atom is 0.0557 e. The predicted molar refractivity (Wildman–Crippen MR) is 43.8 cm³/mol. The first-order valence-corrected chi connectivity index (χ1v) is 3.84. The first kappa shape index (κ1) is 9.92. The van der Waals surface area contributed by atoms with Gasteiger partial charge in [-0.2, -0.15) is 0 Å². The second-order valence-electron chi connectivity index (χ2n) is 4.00. The fourth-order valence-electron chi connectivity index (χ4n) is 1.00. The summed E-state index contributed by atoms with van der Waals surface area (Å²) in [4.78, 5) is 0. The topological polar surface area (TPSA) is 46.2 Å². The molecule has 0 radical (unpaired) electrons. The molecule has 0 saturated carbocycles. The average molecular weight is 145 g/mol. The van der Waals surface area contributed by atoms with Crippen LogP contribution in [-0.2, 0) is 0 Å². The number of hydrogen-bond donors (Lipinski definition) is 2. The first-order valence-electron chi connectivity index (χ1n) is 3.84. The Morgan fingerprint density at radius 2 is 1.90 bits per heavy atom. The van der Waals surface area contributed by atoms with E-state index in [1.165, 1.54) is 0 Å². The molecule has 2 heteroatoms. The molecule has 0 heterocycles. The molecule has 0 amide bonds. The van der Waals surface area contributed by atoms with Crippen LogP contribution in [0.3, 0.4) is 0 Å². The molecule has 10 heavy (non-hydrogen) atoms. The van der Waals surface area contributed by atoms with Crippen molar-refractivity contribution >= 4 is 0 Å². The van der Waals surface area contributed by atoms with Crippen LogP contribution in [0.5, 0.6) is 0 Å². The average Bonchev–Trinajstić information content (AvgIpc) is 1.59. The standard InChI is InChI=1S/C8H19NO/c1-8(2,3)6-7(10)4-5-9/h7,10H,4-6,9H2,1-3H3/t7-/m0/s1. The van der Waals surface area contributed by atoms with Gasteiger partial charge in [0, 0.05) is 0 Å². The van der Waals surface area contributed by atoms with Crippen molar-refractivity contribution in [2.24, 2.45) is 11.1 Å². The number of nitrogens with two attached hydrogens (primary N) is 1. The largest absolute Gasteiger partial charge is 0.393 e. The molecule has 0 spiro atoms. The summed E-state index contributed by atoms with van der Waals surface area (Å²) in [6.45, 7) is 6.93. The van der Waals surface area contributed by atoms with Gasteiger partial charge < -0.3 is 10.8 Å². The van der Waals surface area contributed by atoms with E-state index >= 15 is 0 Å². The van der Waals surface area contributed by atoms with Gasteiger partial charge in [-0.05, 0) is 24.8 Å². The van der Waals surface area contributed by atoms with Crippen LogP contribution in [0.4, 0.5) is 0 Å². The molecule has 0 aliphatic carbocycles. The van der Waals surface area contributed by atoms with E-state index in [2.05, 4.69) is 20.8 Å². The fourth-order valence-corrected chi connectivity index (χ4v) is 1.00. The highest BCUT2D eigenvalue weighted by Crippen LogP contribution is 2.21. The van der Waals surface area contributed by atoms with E-state index in [0.29, 0.717) is 6.54 Å². The van der Waals surface area contributed by atoms with E-state index in [1.807, 2.05) is 0 Å². The zero-order valence-electron chi connectivity index (χ0n) is 7.22. The third-order valence-electron chi connectivity index (χ3n) is 1.35. The summed E-state index contributed by atoms with van der Waals surface area (Å²) in [5, 5.41) is 9.30. The maximum absolute atomic E-state index is 9.30. The molecule has 0 aromatic rings. The number of rotatable bonds is 3. The molecule has 0 rings (SSSR count). The molecule has 0 aliphatic rings. The van der Waals surface area contributed by atoms with E-state index in [-0.39, 0.29) is 11.5 Å². The highest BCUT2D eigenvalue weighted by Gasteiger charge is 2.15. The molecule has 1 atom stereocenters. The van der Waals surface area contributed by atoms with Crippen molar-refractivity contribution in [3.63, 3.8) is 0 Å². The van der Waals surface area contributed by atoms with Gasteiger partial charge in [0.1, 0.15) is 0 Å². The summed E-state index contributed by atoms with van der Waals surface area (Å²) in [7, 11) is 0. The van der Waals surface area contributed by atoms with Crippen molar-refractivity contribution in [3.8, 4) is 0 Å². The summed E-state index contributed by atoms with van der Waals surface area (Å²) in [6, 6.07) is 0. The molecular formula is C8H19NO. The number of aliphatic hydroxyl groups is 1. The molecular weight excluding hydrogens is 126 g/mol. The Balaban J connectivity index is 3.47. The minimum Gasteiger partial charge on any atom is -0.393 e. The smallest absolute Gasteiger partial charge is 0.0557 e. The van der Waals surface area contributed by atoms with Crippen molar-refractivity contribution < 1.29 is 5.11 Å². The van der Waals surface area contributed by atoms with Gasteiger partial charge in [-0.1, -0.05) is 20.8 Å². The third kappa shape index (κ3) is 6.05. The monoisotopic (exact) mass is 145 g/mol. The van der Waals surface area contributed by atoms with Gasteiger partial charge in [0.05, 0.1) is 6.10 Å². The Hall–Kier alpha value is -0.0800. The quantitative estimate of drug-likeness (QED) is 0.625. The molecule has 0 aliphatic heterocycles. The molecule has 62 valence electrons. The zero-order valence-corrected chi connectivity index (χ0v) is 7.22. The summed E-state index contributed by atoms with van der Waals surface area (Å²) in [5.74, 6) is 0. The maximum atomic E-state index is 9.30. The third-order valence-corrected chi connectivity index (χ3v) is 1.35. The SMILES string of the molecule is CC(C)(C)C[C@@H](O)CCN. The van der Waals surface area contributed by atoms with Gasteiger partial charge in [-0.25, -0.2) is 0 Å². The Labute approximate surface area is 63.4 Å². The molecule has 0 unspecified atom stereocenters. The molecule has 0 aromatic carbocycles. The van der Waals surface area contributed by atoms with E-state index in [0.717, 1.165) is 12.8 Å². The van der Waals surface area contributed by atoms with Crippen LogP contribution < -0.4 is 5.73 Å². The fraction of sp³-hybridized carbons (Fsp3) is 1.00. The van der Waals surface area contributed by atoms with Crippen molar-refractivity contribution in [2.75, 3.05) is 6.54 Å². The van der Waals surface area contributed by atoms with Gasteiger partial charge in [-0.3, -0.25) is 0 Å². The summed E-state index contributed by atoms with van der Waals surface area (Å²) < 4.78 is 0. The molecule has 2 nitrogen and oxygen atoms in total. The second-order valence-corrected chi connectivity index (χ2v) is 4.00. The highest BCUT2D eigenvalue weighted by atomic mass is 16.3. The second kappa shape index (κ2) is 3.94. The molecule has 0 saturated heterocycles. The van der Waals surface area contributed by atoms with E-state index in [4.69, 9.17) is 5.73 Å². The van der Waals surface area contributed by atoms with Gasteiger partial charge in [0.25, 0.3) is 0 Å². The van der Waals surface area contributed by atoms with Gasteiger partial charge in [0.2, 0.25) is 0 Å². The van der Waals surface area contributed by atoms with Gasteiger partial charge >= 0.3 is 0 Å². The molecule has 0 fully saturated rings.